The molecular formula is C25H30O6. The minimum atomic E-state index is -0.996. The molecule has 0 bridgehead atoms. The maximum Gasteiger partial charge on any atom is 0.338 e. The van der Waals surface area contributed by atoms with E-state index in [2.05, 4.69) is 0 Å². The molecule has 1 saturated carbocycles. The van der Waals surface area contributed by atoms with Crippen LogP contribution in [0.4, 0.5) is 0 Å². The maximum absolute atomic E-state index is 12.9. The number of esters is 1. The monoisotopic (exact) mass is 426 g/mol. The fourth-order valence-electron chi connectivity index (χ4n) is 4.57. The Kier molecular flexibility index (Phi) is 6.78. The first kappa shape index (κ1) is 21.7. The molecule has 0 radical (unpaired) electrons. The Hall–Kier alpha value is -2.57. The van der Waals surface area contributed by atoms with E-state index in [1.807, 2.05) is 48.5 Å². The van der Waals surface area contributed by atoms with Crippen molar-refractivity contribution < 1.29 is 28.8 Å². The van der Waals surface area contributed by atoms with Crippen molar-refractivity contribution in [3.05, 3.63) is 59.7 Å². The predicted molar refractivity (Wildman–Crippen MR) is 115 cm³/mol. The summed E-state index contributed by atoms with van der Waals surface area (Å²) in [5.74, 6) is 0.999. The summed E-state index contributed by atoms with van der Waals surface area (Å²) in [6.45, 7) is 0. The fourth-order valence-corrected chi connectivity index (χ4v) is 4.57. The van der Waals surface area contributed by atoms with E-state index >= 15 is 0 Å². The molecule has 6 heteroatoms. The fraction of sp³-hybridized carbons (Fsp3) is 0.480. The highest BCUT2D eigenvalue weighted by Gasteiger charge is 2.45. The first-order valence-electron chi connectivity index (χ1n) is 10.9. The molecule has 4 rings (SSSR count). The Balaban J connectivity index is 1.63. The van der Waals surface area contributed by atoms with Gasteiger partial charge in [0.1, 0.15) is 17.6 Å². The number of aliphatic hydroxyl groups is 1. The molecule has 31 heavy (non-hydrogen) atoms. The summed E-state index contributed by atoms with van der Waals surface area (Å²) in [6, 6.07) is 14.9. The van der Waals surface area contributed by atoms with Gasteiger partial charge in [0.05, 0.1) is 20.3 Å². The van der Waals surface area contributed by atoms with E-state index in [1.54, 1.807) is 14.2 Å². The van der Waals surface area contributed by atoms with Crippen LogP contribution < -0.4 is 9.47 Å². The Morgan fingerprint density at radius 1 is 0.839 bits per heavy atom. The Labute approximate surface area is 183 Å². The van der Waals surface area contributed by atoms with E-state index in [0.717, 1.165) is 48.3 Å². The number of ether oxygens (including phenoxy) is 4. The molecule has 2 aromatic rings. The van der Waals surface area contributed by atoms with Gasteiger partial charge in [-0.3, -0.25) is 0 Å². The summed E-state index contributed by atoms with van der Waals surface area (Å²) in [4.78, 5) is 12.9. The molecule has 2 aromatic carbocycles. The van der Waals surface area contributed by atoms with Crippen molar-refractivity contribution in [1.82, 2.24) is 0 Å². The van der Waals surface area contributed by atoms with Crippen molar-refractivity contribution in [3.63, 3.8) is 0 Å². The standard InChI is InChI=1S/C25H30O6/c1-28-19-12-8-17(9-13-19)22-23(18-10-14-20(29-2)15-11-18)31-25(27)24(30-22)21(26)16-6-4-3-5-7-16/h8-16,21-24,26H,3-7H2,1-2H3/t21-,22-,23-,24-/m0/s1. The summed E-state index contributed by atoms with van der Waals surface area (Å²) < 4.78 is 22.7. The van der Waals surface area contributed by atoms with E-state index < -0.39 is 30.4 Å². The van der Waals surface area contributed by atoms with Crippen LogP contribution >= 0.6 is 0 Å². The van der Waals surface area contributed by atoms with E-state index in [4.69, 9.17) is 18.9 Å². The van der Waals surface area contributed by atoms with Gasteiger partial charge in [-0.2, -0.15) is 0 Å². The molecule has 6 nitrogen and oxygen atoms in total. The zero-order valence-corrected chi connectivity index (χ0v) is 18.0. The average Bonchev–Trinajstić information content (AvgIpc) is 2.84. The average molecular weight is 427 g/mol. The first-order valence-corrected chi connectivity index (χ1v) is 10.9. The quantitative estimate of drug-likeness (QED) is 0.692. The highest BCUT2D eigenvalue weighted by atomic mass is 16.6. The van der Waals surface area contributed by atoms with Gasteiger partial charge in [-0.1, -0.05) is 43.5 Å². The summed E-state index contributed by atoms with van der Waals surface area (Å²) in [5, 5.41) is 11.0. The number of cyclic esters (lactones) is 1. The third kappa shape index (κ3) is 4.70. The van der Waals surface area contributed by atoms with Crippen LogP contribution in [-0.4, -0.2) is 37.5 Å². The molecular weight excluding hydrogens is 396 g/mol. The number of hydrogen-bond acceptors (Lipinski definition) is 6. The molecule has 1 aliphatic carbocycles. The van der Waals surface area contributed by atoms with Crippen LogP contribution in [-0.2, 0) is 14.3 Å². The highest BCUT2D eigenvalue weighted by Crippen LogP contribution is 2.42. The molecule has 1 N–H and O–H groups in total. The van der Waals surface area contributed by atoms with Gasteiger partial charge in [-0.05, 0) is 54.2 Å². The van der Waals surface area contributed by atoms with Crippen LogP contribution in [0.15, 0.2) is 48.5 Å². The summed E-state index contributed by atoms with van der Waals surface area (Å²) >= 11 is 0. The smallest absolute Gasteiger partial charge is 0.338 e. The molecule has 0 aromatic heterocycles. The Bertz CT molecular complexity index is 857. The predicted octanol–water partition coefficient (Wildman–Crippen LogP) is 4.37. The summed E-state index contributed by atoms with van der Waals surface area (Å²) in [7, 11) is 3.22. The van der Waals surface area contributed by atoms with Crippen molar-refractivity contribution >= 4 is 5.97 Å². The lowest BCUT2D eigenvalue weighted by atomic mass is 9.83. The Morgan fingerprint density at radius 3 is 1.87 bits per heavy atom. The van der Waals surface area contributed by atoms with Crippen molar-refractivity contribution in [2.75, 3.05) is 14.2 Å². The largest absolute Gasteiger partial charge is 0.497 e. The van der Waals surface area contributed by atoms with Gasteiger partial charge in [-0.15, -0.1) is 0 Å². The molecule has 1 saturated heterocycles. The topological polar surface area (TPSA) is 74.2 Å². The molecule has 0 amide bonds. The van der Waals surface area contributed by atoms with E-state index in [9.17, 15) is 9.90 Å². The third-order valence-electron chi connectivity index (χ3n) is 6.38. The lowest BCUT2D eigenvalue weighted by Gasteiger charge is -2.40. The SMILES string of the molecule is COc1ccc([C@@H]2OC(=O)[C@H]([C@@H](O)C3CCCCC3)O[C@H]2c2ccc(OC)cc2)cc1. The van der Waals surface area contributed by atoms with E-state index in [1.165, 1.54) is 6.42 Å². The first-order chi connectivity index (χ1) is 15.1. The minimum Gasteiger partial charge on any atom is -0.497 e. The molecule has 166 valence electrons. The van der Waals surface area contributed by atoms with Gasteiger partial charge >= 0.3 is 5.97 Å². The minimum absolute atomic E-state index is 0.0559. The lowest BCUT2D eigenvalue weighted by Crippen LogP contribution is -2.48. The number of aliphatic hydroxyl groups excluding tert-OH is 1. The van der Waals surface area contributed by atoms with Crippen molar-refractivity contribution in [2.45, 2.75) is 56.5 Å². The number of carbonyl (C=O) groups excluding carboxylic acids is 1. The molecule has 0 unspecified atom stereocenters. The summed E-state index contributed by atoms with van der Waals surface area (Å²) in [6.07, 6.45) is 2.09. The van der Waals surface area contributed by atoms with Gasteiger partial charge in [0.2, 0.25) is 0 Å². The van der Waals surface area contributed by atoms with E-state index in [0.29, 0.717) is 0 Å². The molecule has 0 spiro atoms. The van der Waals surface area contributed by atoms with E-state index in [-0.39, 0.29) is 5.92 Å². The van der Waals surface area contributed by atoms with Crippen molar-refractivity contribution in [1.29, 1.82) is 0 Å². The van der Waals surface area contributed by atoms with Gasteiger partial charge < -0.3 is 24.1 Å². The number of rotatable bonds is 6. The van der Waals surface area contributed by atoms with Crippen LogP contribution in [0, 0.1) is 5.92 Å². The van der Waals surface area contributed by atoms with Gasteiger partial charge in [0.15, 0.2) is 12.2 Å². The molecule has 1 heterocycles. The van der Waals surface area contributed by atoms with Crippen molar-refractivity contribution in [2.24, 2.45) is 5.92 Å². The summed E-state index contributed by atoms with van der Waals surface area (Å²) in [5.41, 5.74) is 1.66. The molecule has 2 fully saturated rings. The lowest BCUT2D eigenvalue weighted by molar-refractivity contribution is -0.220. The second-order valence-electron chi connectivity index (χ2n) is 8.27. The second-order valence-corrected chi connectivity index (χ2v) is 8.27. The van der Waals surface area contributed by atoms with Crippen LogP contribution in [0.2, 0.25) is 0 Å². The van der Waals surface area contributed by atoms with Gasteiger partial charge in [0, 0.05) is 0 Å². The number of hydrogen-bond donors (Lipinski definition) is 1. The molecule has 1 aliphatic heterocycles. The van der Waals surface area contributed by atoms with Crippen molar-refractivity contribution in [3.8, 4) is 11.5 Å². The molecule has 2 aliphatic rings. The maximum atomic E-state index is 12.9. The van der Waals surface area contributed by atoms with Crippen LogP contribution in [0.1, 0.15) is 55.4 Å². The Morgan fingerprint density at radius 2 is 1.35 bits per heavy atom. The second kappa shape index (κ2) is 9.71. The third-order valence-corrected chi connectivity index (χ3v) is 6.38. The van der Waals surface area contributed by atoms with Crippen LogP contribution in [0.3, 0.4) is 0 Å². The number of benzene rings is 2. The zero-order valence-electron chi connectivity index (χ0n) is 18.0. The zero-order chi connectivity index (χ0) is 21.8. The number of methoxy groups -OCH3 is 2. The molecule has 4 atom stereocenters. The van der Waals surface area contributed by atoms with Crippen LogP contribution in [0.25, 0.3) is 0 Å². The van der Waals surface area contributed by atoms with Gasteiger partial charge in [0.25, 0.3) is 0 Å². The highest BCUT2D eigenvalue weighted by molar-refractivity contribution is 5.76. The number of carbonyl (C=O) groups is 1. The van der Waals surface area contributed by atoms with Gasteiger partial charge in [-0.25, -0.2) is 4.79 Å². The normalized spacial score (nSPS) is 25.5. The van der Waals surface area contributed by atoms with Crippen LogP contribution in [0.5, 0.6) is 11.5 Å².